The van der Waals surface area contributed by atoms with Crippen molar-refractivity contribution >= 4 is 0 Å². The van der Waals surface area contributed by atoms with Crippen molar-refractivity contribution in [3.05, 3.63) is 0 Å². The Morgan fingerprint density at radius 2 is 1.73 bits per heavy atom. The second-order valence-electron chi connectivity index (χ2n) is 5.10. The van der Waals surface area contributed by atoms with Gasteiger partial charge in [-0.3, -0.25) is 4.90 Å². The van der Waals surface area contributed by atoms with Gasteiger partial charge in [-0.05, 0) is 37.8 Å². The summed E-state index contributed by atoms with van der Waals surface area (Å²) in [5.41, 5.74) is 5.95. The van der Waals surface area contributed by atoms with E-state index in [1.807, 2.05) is 0 Å². The van der Waals surface area contributed by atoms with E-state index >= 15 is 0 Å². The van der Waals surface area contributed by atoms with E-state index in [1.165, 1.54) is 38.8 Å². The highest BCUT2D eigenvalue weighted by Gasteiger charge is 2.26. The molecular weight excluding hydrogens is 184 g/mol. The summed E-state index contributed by atoms with van der Waals surface area (Å²) in [5, 5.41) is 0. The lowest BCUT2D eigenvalue weighted by Crippen LogP contribution is -2.48. The van der Waals surface area contributed by atoms with E-state index in [0.29, 0.717) is 6.04 Å². The molecule has 0 amide bonds. The van der Waals surface area contributed by atoms with Crippen LogP contribution in [0.2, 0.25) is 0 Å². The van der Waals surface area contributed by atoms with E-state index in [4.69, 9.17) is 5.73 Å². The summed E-state index contributed by atoms with van der Waals surface area (Å²) >= 11 is 0. The normalized spacial score (nSPS) is 22.2. The molecule has 0 aromatic heterocycles. The fourth-order valence-electron chi connectivity index (χ4n) is 2.83. The summed E-state index contributed by atoms with van der Waals surface area (Å²) in [4.78, 5) is 2.64. The van der Waals surface area contributed by atoms with Gasteiger partial charge >= 0.3 is 0 Å². The quantitative estimate of drug-likeness (QED) is 0.758. The predicted octanol–water partition coefficient (Wildman–Crippen LogP) is 2.48. The zero-order valence-corrected chi connectivity index (χ0v) is 10.7. The molecule has 2 heteroatoms. The molecule has 1 unspecified atom stereocenters. The number of nitrogens with zero attached hydrogens (tertiary/aromatic N) is 1. The van der Waals surface area contributed by atoms with Crippen molar-refractivity contribution in [1.29, 1.82) is 0 Å². The molecular formula is C13H28N2. The van der Waals surface area contributed by atoms with Crippen LogP contribution in [0.25, 0.3) is 0 Å². The molecule has 2 N–H and O–H groups in total. The third-order valence-corrected chi connectivity index (χ3v) is 4.12. The first-order valence-electron chi connectivity index (χ1n) is 6.67. The summed E-state index contributed by atoms with van der Waals surface area (Å²) < 4.78 is 0. The molecule has 0 aromatic rings. The number of hydrogen-bond acceptors (Lipinski definition) is 2. The minimum atomic E-state index is 0.632. The van der Waals surface area contributed by atoms with Crippen LogP contribution in [0.3, 0.4) is 0 Å². The molecule has 2 nitrogen and oxygen atoms in total. The van der Waals surface area contributed by atoms with Crippen LogP contribution in [0.1, 0.15) is 46.5 Å². The molecule has 15 heavy (non-hydrogen) atoms. The molecule has 0 saturated carbocycles. The smallest absolute Gasteiger partial charge is 0.0246 e. The average Bonchev–Trinajstić information content (AvgIpc) is 2.27. The first-order chi connectivity index (χ1) is 7.22. The number of hydrogen-bond donors (Lipinski definition) is 1. The van der Waals surface area contributed by atoms with E-state index in [1.54, 1.807) is 0 Å². The monoisotopic (exact) mass is 212 g/mol. The Hall–Kier alpha value is -0.0800. The van der Waals surface area contributed by atoms with Crippen molar-refractivity contribution in [2.24, 2.45) is 17.6 Å². The Bertz CT molecular complexity index is 158. The number of likely N-dealkylation sites (tertiary alicyclic amines) is 1. The minimum absolute atomic E-state index is 0.632. The van der Waals surface area contributed by atoms with Crippen LogP contribution >= 0.6 is 0 Å². The van der Waals surface area contributed by atoms with Gasteiger partial charge < -0.3 is 5.73 Å². The predicted molar refractivity (Wildman–Crippen MR) is 66.9 cm³/mol. The SMILES string of the molecule is CCC(CC)C(CN)N1CCC(C)CC1. The van der Waals surface area contributed by atoms with E-state index in [0.717, 1.165) is 18.4 Å². The van der Waals surface area contributed by atoms with Crippen LogP contribution in [0, 0.1) is 11.8 Å². The van der Waals surface area contributed by atoms with Gasteiger partial charge in [0.25, 0.3) is 0 Å². The van der Waals surface area contributed by atoms with Gasteiger partial charge in [0, 0.05) is 12.6 Å². The lowest BCUT2D eigenvalue weighted by Gasteiger charge is -2.39. The third kappa shape index (κ3) is 3.46. The Morgan fingerprint density at radius 1 is 1.20 bits per heavy atom. The van der Waals surface area contributed by atoms with Gasteiger partial charge in [0.1, 0.15) is 0 Å². The Balaban J connectivity index is 2.50. The maximum atomic E-state index is 5.95. The summed E-state index contributed by atoms with van der Waals surface area (Å²) in [6.45, 7) is 10.3. The molecule has 0 spiro atoms. The molecule has 1 rings (SSSR count). The van der Waals surface area contributed by atoms with Crippen molar-refractivity contribution in [3.63, 3.8) is 0 Å². The van der Waals surface area contributed by atoms with E-state index in [-0.39, 0.29) is 0 Å². The second-order valence-corrected chi connectivity index (χ2v) is 5.10. The van der Waals surface area contributed by atoms with Crippen molar-refractivity contribution in [1.82, 2.24) is 4.90 Å². The van der Waals surface area contributed by atoms with Crippen molar-refractivity contribution in [2.45, 2.75) is 52.5 Å². The molecule has 1 fully saturated rings. The molecule has 0 bridgehead atoms. The summed E-state index contributed by atoms with van der Waals surface area (Å²) in [6, 6.07) is 0.632. The number of rotatable bonds is 5. The zero-order chi connectivity index (χ0) is 11.3. The van der Waals surface area contributed by atoms with Crippen LogP contribution in [0.5, 0.6) is 0 Å². The lowest BCUT2D eigenvalue weighted by atomic mass is 9.90. The standard InChI is InChI=1S/C13H28N2/c1-4-12(5-2)13(10-14)15-8-6-11(3)7-9-15/h11-13H,4-10,14H2,1-3H3. The van der Waals surface area contributed by atoms with Crippen LogP contribution in [0.4, 0.5) is 0 Å². The van der Waals surface area contributed by atoms with Crippen LogP contribution in [-0.4, -0.2) is 30.6 Å². The molecule has 1 aliphatic heterocycles. The molecule has 0 aliphatic carbocycles. The Morgan fingerprint density at radius 3 is 2.13 bits per heavy atom. The summed E-state index contributed by atoms with van der Waals surface area (Å²) in [6.07, 6.45) is 5.25. The summed E-state index contributed by atoms with van der Waals surface area (Å²) in [5.74, 6) is 1.71. The average molecular weight is 212 g/mol. The topological polar surface area (TPSA) is 29.3 Å². The van der Waals surface area contributed by atoms with E-state index in [9.17, 15) is 0 Å². The fraction of sp³-hybridized carbons (Fsp3) is 1.00. The van der Waals surface area contributed by atoms with Crippen molar-refractivity contribution in [2.75, 3.05) is 19.6 Å². The number of nitrogens with two attached hydrogens (primary N) is 1. The fourth-order valence-corrected chi connectivity index (χ4v) is 2.83. The molecule has 1 heterocycles. The van der Waals surface area contributed by atoms with Gasteiger partial charge in [0.05, 0.1) is 0 Å². The molecule has 1 saturated heterocycles. The molecule has 1 aliphatic rings. The van der Waals surface area contributed by atoms with Gasteiger partial charge in [-0.15, -0.1) is 0 Å². The molecule has 0 aromatic carbocycles. The number of piperidine rings is 1. The zero-order valence-electron chi connectivity index (χ0n) is 10.7. The lowest BCUT2D eigenvalue weighted by molar-refractivity contribution is 0.0987. The van der Waals surface area contributed by atoms with Crippen molar-refractivity contribution < 1.29 is 0 Å². The highest BCUT2D eigenvalue weighted by molar-refractivity contribution is 4.82. The van der Waals surface area contributed by atoms with Gasteiger partial charge in [0.2, 0.25) is 0 Å². The van der Waals surface area contributed by atoms with Gasteiger partial charge in [-0.2, -0.15) is 0 Å². The highest BCUT2D eigenvalue weighted by Crippen LogP contribution is 2.23. The second kappa shape index (κ2) is 6.49. The van der Waals surface area contributed by atoms with Crippen LogP contribution in [-0.2, 0) is 0 Å². The highest BCUT2D eigenvalue weighted by atomic mass is 15.2. The first-order valence-corrected chi connectivity index (χ1v) is 6.67. The largest absolute Gasteiger partial charge is 0.329 e. The van der Waals surface area contributed by atoms with Gasteiger partial charge in [-0.1, -0.05) is 33.6 Å². The van der Waals surface area contributed by atoms with Crippen LogP contribution < -0.4 is 5.73 Å². The van der Waals surface area contributed by atoms with E-state index < -0.39 is 0 Å². The van der Waals surface area contributed by atoms with E-state index in [2.05, 4.69) is 25.7 Å². The maximum absolute atomic E-state index is 5.95. The molecule has 1 atom stereocenters. The summed E-state index contributed by atoms with van der Waals surface area (Å²) in [7, 11) is 0. The Labute approximate surface area is 95.2 Å². The Kier molecular flexibility index (Phi) is 5.62. The first kappa shape index (κ1) is 13.0. The third-order valence-electron chi connectivity index (χ3n) is 4.12. The van der Waals surface area contributed by atoms with Gasteiger partial charge in [-0.25, -0.2) is 0 Å². The van der Waals surface area contributed by atoms with Crippen molar-refractivity contribution in [3.8, 4) is 0 Å². The molecule has 90 valence electrons. The molecule has 0 radical (unpaired) electrons. The minimum Gasteiger partial charge on any atom is -0.329 e. The van der Waals surface area contributed by atoms with Gasteiger partial charge in [0.15, 0.2) is 0 Å². The maximum Gasteiger partial charge on any atom is 0.0246 e. The van der Waals surface area contributed by atoms with Crippen LogP contribution in [0.15, 0.2) is 0 Å².